The van der Waals surface area contributed by atoms with Gasteiger partial charge in [-0.15, -0.1) is 0 Å². The molecule has 5 heteroatoms. The van der Waals surface area contributed by atoms with E-state index in [0.717, 1.165) is 38.2 Å². The zero-order valence-electron chi connectivity index (χ0n) is 10.2. The van der Waals surface area contributed by atoms with Crippen LogP contribution in [0.5, 0.6) is 0 Å². The molecule has 0 amide bonds. The zero-order valence-corrected chi connectivity index (χ0v) is 11.0. The van der Waals surface area contributed by atoms with Gasteiger partial charge in [0.15, 0.2) is 0 Å². The van der Waals surface area contributed by atoms with E-state index in [9.17, 15) is 9.90 Å². The molecule has 0 aliphatic carbocycles. The smallest absolute Gasteiger partial charge is 0.324 e. The Bertz CT molecular complexity index is 230. The number of carbonyl (C=O) groups is 1. The first kappa shape index (κ1) is 13.8. The minimum atomic E-state index is -0.696. The topological polar surface area (TPSA) is 52.6 Å². The van der Waals surface area contributed by atoms with Crippen molar-refractivity contribution in [3.63, 3.8) is 0 Å². The molecule has 94 valence electrons. The summed E-state index contributed by atoms with van der Waals surface area (Å²) in [5.41, 5.74) is -0.683. The Hall–Kier alpha value is -0.260. The summed E-state index contributed by atoms with van der Waals surface area (Å²) in [5, 5.41) is 12.6. The van der Waals surface area contributed by atoms with Crippen molar-refractivity contribution in [1.29, 1.82) is 0 Å². The van der Waals surface area contributed by atoms with Crippen molar-refractivity contribution < 1.29 is 9.90 Å². The van der Waals surface area contributed by atoms with Gasteiger partial charge in [-0.3, -0.25) is 10.1 Å². The van der Waals surface area contributed by atoms with Crippen LogP contribution < -0.4 is 5.32 Å². The average Bonchev–Trinajstić information content (AvgIpc) is 2.30. The van der Waals surface area contributed by atoms with Gasteiger partial charge >= 0.3 is 5.97 Å². The highest BCUT2D eigenvalue weighted by Crippen LogP contribution is 2.26. The molecular formula is C11H22N2O2S. The summed E-state index contributed by atoms with van der Waals surface area (Å²) in [6, 6.07) is 0. The van der Waals surface area contributed by atoms with Crippen molar-refractivity contribution in [1.82, 2.24) is 10.2 Å². The van der Waals surface area contributed by atoms with E-state index in [1.165, 1.54) is 0 Å². The second-order valence-corrected chi connectivity index (χ2v) is 5.47. The third-order valence-electron chi connectivity index (χ3n) is 3.15. The van der Waals surface area contributed by atoms with Gasteiger partial charge in [-0.05, 0) is 32.2 Å². The Morgan fingerprint density at radius 2 is 2.38 bits per heavy atom. The molecule has 0 aromatic carbocycles. The molecule has 0 bridgehead atoms. The van der Waals surface area contributed by atoms with E-state index < -0.39 is 11.5 Å². The minimum absolute atomic E-state index is 0.683. The fourth-order valence-electron chi connectivity index (χ4n) is 1.82. The Morgan fingerprint density at radius 1 is 1.62 bits per heavy atom. The minimum Gasteiger partial charge on any atom is -0.480 e. The number of rotatable bonds is 6. The van der Waals surface area contributed by atoms with Crippen molar-refractivity contribution in [3.05, 3.63) is 0 Å². The molecule has 1 rings (SSSR count). The van der Waals surface area contributed by atoms with Gasteiger partial charge in [-0.2, -0.15) is 11.8 Å². The lowest BCUT2D eigenvalue weighted by Crippen LogP contribution is -2.57. The molecule has 2 N–H and O–H groups in total. The van der Waals surface area contributed by atoms with Gasteiger partial charge in [0.1, 0.15) is 5.54 Å². The number of nitrogens with one attached hydrogen (secondary N) is 1. The summed E-state index contributed by atoms with van der Waals surface area (Å²) in [4.78, 5) is 13.5. The first-order chi connectivity index (χ1) is 7.60. The van der Waals surface area contributed by atoms with E-state index in [4.69, 9.17) is 0 Å². The first-order valence-corrected chi connectivity index (χ1v) is 7.01. The molecule has 0 aromatic rings. The van der Waals surface area contributed by atoms with Crippen LogP contribution >= 0.6 is 11.8 Å². The zero-order chi connectivity index (χ0) is 12.0. The van der Waals surface area contributed by atoms with Gasteiger partial charge in [0.2, 0.25) is 0 Å². The quantitative estimate of drug-likeness (QED) is 0.728. The van der Waals surface area contributed by atoms with Crippen LogP contribution in [0.25, 0.3) is 0 Å². The van der Waals surface area contributed by atoms with Crippen LogP contribution in [0.4, 0.5) is 0 Å². The normalized spacial score (nSPS) is 25.9. The molecular weight excluding hydrogens is 224 g/mol. The van der Waals surface area contributed by atoms with E-state index in [2.05, 4.69) is 17.1 Å². The van der Waals surface area contributed by atoms with Gasteiger partial charge in [0.05, 0.1) is 0 Å². The predicted octanol–water partition coefficient (Wildman–Crippen LogP) is 0.878. The number of thioether (sulfide) groups is 1. The molecule has 1 unspecified atom stereocenters. The van der Waals surface area contributed by atoms with Gasteiger partial charge < -0.3 is 10.0 Å². The molecule has 1 aliphatic heterocycles. The van der Waals surface area contributed by atoms with Crippen molar-refractivity contribution >= 4 is 17.7 Å². The molecule has 16 heavy (non-hydrogen) atoms. The highest BCUT2D eigenvalue weighted by atomic mass is 32.2. The van der Waals surface area contributed by atoms with Crippen molar-refractivity contribution in [2.45, 2.75) is 25.3 Å². The fourth-order valence-corrected chi connectivity index (χ4v) is 3.03. The van der Waals surface area contributed by atoms with E-state index in [1.54, 1.807) is 11.8 Å². The van der Waals surface area contributed by atoms with Crippen LogP contribution in [-0.4, -0.2) is 59.7 Å². The summed E-state index contributed by atoms with van der Waals surface area (Å²) in [6.07, 6.45) is 1.75. The summed E-state index contributed by atoms with van der Waals surface area (Å²) in [7, 11) is 2.05. The number of likely N-dealkylation sites (N-methyl/N-ethyl adjacent to an activating group) is 1. The molecule has 4 nitrogen and oxygen atoms in total. The number of aliphatic carboxylic acids is 1. The van der Waals surface area contributed by atoms with Crippen molar-refractivity contribution in [2.24, 2.45) is 0 Å². The van der Waals surface area contributed by atoms with Crippen molar-refractivity contribution in [2.75, 3.05) is 38.2 Å². The number of carboxylic acids is 1. The van der Waals surface area contributed by atoms with Gasteiger partial charge in [0.25, 0.3) is 0 Å². The average molecular weight is 246 g/mol. The lowest BCUT2D eigenvalue weighted by molar-refractivity contribution is -0.144. The van der Waals surface area contributed by atoms with Crippen LogP contribution in [-0.2, 0) is 4.79 Å². The molecule has 0 saturated carbocycles. The largest absolute Gasteiger partial charge is 0.480 e. The Balaban J connectivity index is 2.42. The molecule has 0 aromatic heterocycles. The fraction of sp³-hybridized carbons (Fsp3) is 0.909. The standard InChI is InChI=1S/C11H22N2O2S/c1-3-13(2)7-6-12-11(10(14)15)5-4-8-16-9-11/h12H,3-9H2,1-2H3,(H,14,15). The highest BCUT2D eigenvalue weighted by molar-refractivity contribution is 7.99. The molecule has 1 fully saturated rings. The van der Waals surface area contributed by atoms with E-state index >= 15 is 0 Å². The maximum absolute atomic E-state index is 11.3. The van der Waals surface area contributed by atoms with Crippen LogP contribution in [0, 0.1) is 0 Å². The third-order valence-corrected chi connectivity index (χ3v) is 4.42. The SMILES string of the molecule is CCN(C)CCNC1(C(=O)O)CCCSC1. The molecule has 1 atom stereocenters. The van der Waals surface area contributed by atoms with Crippen LogP contribution in [0.3, 0.4) is 0 Å². The molecule has 1 aliphatic rings. The molecule has 1 heterocycles. The second kappa shape index (κ2) is 6.47. The Morgan fingerprint density at radius 3 is 2.88 bits per heavy atom. The van der Waals surface area contributed by atoms with Crippen LogP contribution in [0.15, 0.2) is 0 Å². The van der Waals surface area contributed by atoms with Gasteiger partial charge in [0, 0.05) is 18.8 Å². The Labute approximate surface area is 102 Å². The summed E-state index contributed by atoms with van der Waals surface area (Å²) in [5.74, 6) is 1.09. The molecule has 0 radical (unpaired) electrons. The highest BCUT2D eigenvalue weighted by Gasteiger charge is 2.39. The van der Waals surface area contributed by atoms with E-state index in [1.807, 2.05) is 7.05 Å². The molecule has 1 saturated heterocycles. The third kappa shape index (κ3) is 3.64. The first-order valence-electron chi connectivity index (χ1n) is 5.85. The summed E-state index contributed by atoms with van der Waals surface area (Å²) < 4.78 is 0. The monoisotopic (exact) mass is 246 g/mol. The van der Waals surface area contributed by atoms with E-state index in [-0.39, 0.29) is 0 Å². The number of nitrogens with zero attached hydrogens (tertiary/aromatic N) is 1. The summed E-state index contributed by atoms with van der Waals surface area (Å²) >= 11 is 1.74. The van der Waals surface area contributed by atoms with Crippen LogP contribution in [0.2, 0.25) is 0 Å². The van der Waals surface area contributed by atoms with Crippen molar-refractivity contribution in [3.8, 4) is 0 Å². The maximum Gasteiger partial charge on any atom is 0.324 e. The predicted molar refractivity (Wildman–Crippen MR) is 68.1 cm³/mol. The Kier molecular flexibility index (Phi) is 5.58. The van der Waals surface area contributed by atoms with Gasteiger partial charge in [-0.25, -0.2) is 0 Å². The van der Waals surface area contributed by atoms with Crippen LogP contribution in [0.1, 0.15) is 19.8 Å². The van der Waals surface area contributed by atoms with E-state index in [0.29, 0.717) is 5.75 Å². The number of carboxylic acid groups (broad SMARTS) is 1. The lowest BCUT2D eigenvalue weighted by Gasteiger charge is -2.34. The lowest BCUT2D eigenvalue weighted by atomic mass is 9.95. The second-order valence-electron chi connectivity index (χ2n) is 4.37. The summed E-state index contributed by atoms with van der Waals surface area (Å²) in [6.45, 7) is 4.74. The molecule has 0 spiro atoms. The maximum atomic E-state index is 11.3. The number of hydrogen-bond acceptors (Lipinski definition) is 4. The van der Waals surface area contributed by atoms with Gasteiger partial charge in [-0.1, -0.05) is 6.92 Å². The number of hydrogen-bond donors (Lipinski definition) is 2.